The average molecular weight is 279 g/mol. The lowest BCUT2D eigenvalue weighted by Gasteiger charge is -2.10. The van der Waals surface area contributed by atoms with Crippen molar-refractivity contribution in [3.63, 3.8) is 0 Å². The predicted octanol–water partition coefficient (Wildman–Crippen LogP) is 3.61. The molecule has 1 aromatic heterocycles. The monoisotopic (exact) mass is 279 g/mol. The van der Waals surface area contributed by atoms with Crippen LogP contribution in [0.2, 0.25) is 0 Å². The van der Waals surface area contributed by atoms with Gasteiger partial charge in [0.2, 0.25) is 0 Å². The minimum atomic E-state index is -0.444. The number of nitrogens with two attached hydrogens (primary N) is 1. The van der Waals surface area contributed by atoms with Crippen LogP contribution in [0, 0.1) is 10.1 Å². The Hall–Kier alpha value is -2.95. The van der Waals surface area contributed by atoms with Crippen molar-refractivity contribution < 1.29 is 4.92 Å². The van der Waals surface area contributed by atoms with Gasteiger partial charge in [0.05, 0.1) is 21.3 Å². The molecule has 5 nitrogen and oxygen atoms in total. The van der Waals surface area contributed by atoms with Gasteiger partial charge in [-0.3, -0.25) is 10.1 Å². The summed E-state index contributed by atoms with van der Waals surface area (Å²) in [6.07, 6.45) is 2.25. The molecule has 0 aliphatic carbocycles. The van der Waals surface area contributed by atoms with Crippen molar-refractivity contribution in [3.8, 4) is 0 Å². The fourth-order valence-electron chi connectivity index (χ4n) is 2.63. The van der Waals surface area contributed by atoms with E-state index >= 15 is 0 Å². The maximum Gasteiger partial charge on any atom is 0.301 e. The maximum absolute atomic E-state index is 11.4. The third-order valence-corrected chi connectivity index (χ3v) is 3.49. The van der Waals surface area contributed by atoms with E-state index in [9.17, 15) is 10.1 Å². The van der Waals surface area contributed by atoms with Gasteiger partial charge in [0, 0.05) is 5.39 Å². The Labute approximate surface area is 120 Å². The van der Waals surface area contributed by atoms with Crippen molar-refractivity contribution >= 4 is 33.2 Å². The summed E-state index contributed by atoms with van der Waals surface area (Å²) in [5.74, 6) is 0. The molecule has 104 valence electrons. The largest absolute Gasteiger partial charge is 0.393 e. The zero-order valence-electron chi connectivity index (χ0n) is 11.2. The number of pyridine rings is 1. The molecule has 0 radical (unpaired) electrons. The number of rotatable bonds is 3. The van der Waals surface area contributed by atoms with Crippen LogP contribution in [0.25, 0.3) is 21.8 Å². The molecule has 0 aliphatic heterocycles. The number of para-hydroxylation sites is 1. The standard InChI is InChI=1S/C16H13N3O2/c1-2-5-11-10-6-3-4-7-13(10)18-14-9-8-12(17)16(15(11)14)19(20)21/h2-4,6-9H,1,5,17H2. The number of anilines is 1. The Morgan fingerprint density at radius 3 is 2.71 bits per heavy atom. The molecule has 0 saturated heterocycles. The van der Waals surface area contributed by atoms with E-state index in [0.29, 0.717) is 17.3 Å². The first-order chi connectivity index (χ1) is 10.1. The van der Waals surface area contributed by atoms with E-state index in [-0.39, 0.29) is 11.4 Å². The minimum Gasteiger partial charge on any atom is -0.393 e. The number of aromatic nitrogens is 1. The van der Waals surface area contributed by atoms with Gasteiger partial charge in [-0.2, -0.15) is 0 Å². The lowest BCUT2D eigenvalue weighted by molar-refractivity contribution is -0.382. The van der Waals surface area contributed by atoms with Gasteiger partial charge in [-0.25, -0.2) is 4.98 Å². The molecule has 3 aromatic rings. The first kappa shape index (κ1) is 13.1. The molecule has 0 unspecified atom stereocenters. The van der Waals surface area contributed by atoms with Crippen LogP contribution in [0.4, 0.5) is 11.4 Å². The van der Waals surface area contributed by atoms with Crippen LogP contribution >= 0.6 is 0 Å². The van der Waals surface area contributed by atoms with E-state index in [2.05, 4.69) is 11.6 Å². The molecule has 0 amide bonds. The number of benzene rings is 2. The first-order valence-electron chi connectivity index (χ1n) is 6.48. The Kier molecular flexibility index (Phi) is 3.02. The summed E-state index contributed by atoms with van der Waals surface area (Å²) in [5, 5.41) is 12.8. The van der Waals surface area contributed by atoms with Gasteiger partial charge in [-0.1, -0.05) is 24.3 Å². The van der Waals surface area contributed by atoms with E-state index < -0.39 is 4.92 Å². The molecule has 2 aromatic carbocycles. The summed E-state index contributed by atoms with van der Waals surface area (Å²) in [7, 11) is 0. The van der Waals surface area contributed by atoms with E-state index in [1.807, 2.05) is 24.3 Å². The first-order valence-corrected chi connectivity index (χ1v) is 6.48. The highest BCUT2D eigenvalue weighted by molar-refractivity contribution is 6.04. The molecule has 0 aliphatic rings. The van der Waals surface area contributed by atoms with E-state index in [1.165, 1.54) is 6.07 Å². The van der Waals surface area contributed by atoms with Crippen LogP contribution in [-0.2, 0) is 6.42 Å². The predicted molar refractivity (Wildman–Crippen MR) is 84.2 cm³/mol. The Balaban J connectivity index is 2.59. The molecule has 5 heteroatoms. The van der Waals surface area contributed by atoms with Crippen LogP contribution < -0.4 is 5.73 Å². The highest BCUT2D eigenvalue weighted by atomic mass is 16.6. The topological polar surface area (TPSA) is 82.0 Å². The molecule has 21 heavy (non-hydrogen) atoms. The number of nitro benzene ring substituents is 1. The molecule has 0 fully saturated rings. The zero-order valence-corrected chi connectivity index (χ0v) is 11.2. The van der Waals surface area contributed by atoms with Gasteiger partial charge in [0.25, 0.3) is 0 Å². The number of nitro groups is 1. The summed E-state index contributed by atoms with van der Waals surface area (Å²) in [4.78, 5) is 15.5. The fourth-order valence-corrected chi connectivity index (χ4v) is 2.63. The van der Waals surface area contributed by atoms with Crippen molar-refractivity contribution in [2.24, 2.45) is 0 Å². The highest BCUT2D eigenvalue weighted by Gasteiger charge is 2.21. The van der Waals surface area contributed by atoms with E-state index in [0.717, 1.165) is 16.5 Å². The van der Waals surface area contributed by atoms with Gasteiger partial charge in [0.1, 0.15) is 5.69 Å². The molecule has 2 N–H and O–H groups in total. The Morgan fingerprint density at radius 1 is 1.24 bits per heavy atom. The highest BCUT2D eigenvalue weighted by Crippen LogP contribution is 2.36. The summed E-state index contributed by atoms with van der Waals surface area (Å²) in [6, 6.07) is 10.8. The van der Waals surface area contributed by atoms with Gasteiger partial charge in [-0.05, 0) is 30.2 Å². The van der Waals surface area contributed by atoms with Crippen LogP contribution in [0.1, 0.15) is 5.56 Å². The quantitative estimate of drug-likeness (QED) is 0.261. The molecule has 0 bridgehead atoms. The second kappa shape index (κ2) is 4.86. The minimum absolute atomic E-state index is 0.0809. The van der Waals surface area contributed by atoms with Gasteiger partial charge in [0.15, 0.2) is 0 Å². The van der Waals surface area contributed by atoms with Gasteiger partial charge in [-0.15, -0.1) is 6.58 Å². The number of nitrogen functional groups attached to an aromatic ring is 1. The summed E-state index contributed by atoms with van der Waals surface area (Å²) in [5.41, 5.74) is 8.09. The molecular formula is C16H13N3O2. The van der Waals surface area contributed by atoms with E-state index in [1.54, 1.807) is 12.1 Å². The average Bonchev–Trinajstić information content (AvgIpc) is 2.47. The van der Waals surface area contributed by atoms with E-state index in [4.69, 9.17) is 5.73 Å². The molecule has 0 spiro atoms. The third kappa shape index (κ3) is 1.99. The number of hydrogen-bond donors (Lipinski definition) is 1. The molecule has 0 saturated carbocycles. The van der Waals surface area contributed by atoms with Gasteiger partial charge < -0.3 is 5.73 Å². The summed E-state index contributed by atoms with van der Waals surface area (Å²) >= 11 is 0. The summed E-state index contributed by atoms with van der Waals surface area (Å²) in [6.45, 7) is 3.75. The molecular weight excluding hydrogens is 266 g/mol. The fraction of sp³-hybridized carbons (Fsp3) is 0.0625. The van der Waals surface area contributed by atoms with Crippen LogP contribution in [0.15, 0.2) is 49.1 Å². The van der Waals surface area contributed by atoms with Gasteiger partial charge >= 0.3 is 5.69 Å². The Bertz CT molecular complexity index is 887. The normalized spacial score (nSPS) is 10.9. The Morgan fingerprint density at radius 2 is 2.00 bits per heavy atom. The molecule has 3 rings (SSSR count). The number of hydrogen-bond acceptors (Lipinski definition) is 4. The van der Waals surface area contributed by atoms with Crippen molar-refractivity contribution in [3.05, 3.63) is 64.7 Å². The van der Waals surface area contributed by atoms with Crippen molar-refractivity contribution in [2.75, 3.05) is 5.73 Å². The molecule has 0 atom stereocenters. The number of nitrogens with zero attached hydrogens (tertiary/aromatic N) is 2. The van der Waals surface area contributed by atoms with Crippen molar-refractivity contribution in [1.29, 1.82) is 0 Å². The number of fused-ring (bicyclic) bond motifs is 2. The lowest BCUT2D eigenvalue weighted by Crippen LogP contribution is -2.00. The van der Waals surface area contributed by atoms with Crippen LogP contribution in [-0.4, -0.2) is 9.91 Å². The van der Waals surface area contributed by atoms with Crippen LogP contribution in [0.3, 0.4) is 0 Å². The second-order valence-corrected chi connectivity index (χ2v) is 4.75. The van der Waals surface area contributed by atoms with Crippen molar-refractivity contribution in [2.45, 2.75) is 6.42 Å². The lowest BCUT2D eigenvalue weighted by atomic mass is 9.98. The van der Waals surface area contributed by atoms with Crippen LogP contribution in [0.5, 0.6) is 0 Å². The smallest absolute Gasteiger partial charge is 0.301 e. The summed E-state index contributed by atoms with van der Waals surface area (Å²) < 4.78 is 0. The second-order valence-electron chi connectivity index (χ2n) is 4.75. The number of allylic oxidation sites excluding steroid dienone is 1. The maximum atomic E-state index is 11.4. The SMILES string of the molecule is C=CCc1c2ccccc2nc2ccc(N)c([N+](=O)[O-])c12. The molecule has 1 heterocycles. The third-order valence-electron chi connectivity index (χ3n) is 3.49. The van der Waals surface area contributed by atoms with Crippen molar-refractivity contribution in [1.82, 2.24) is 4.98 Å². The zero-order chi connectivity index (χ0) is 15.0.